The first-order chi connectivity index (χ1) is 14.8. The van der Waals surface area contributed by atoms with Crippen LogP contribution in [0.25, 0.3) is 0 Å². The molecule has 0 bridgehead atoms. The Labute approximate surface area is 183 Å². The molecule has 0 atom stereocenters. The number of benzene rings is 3. The van der Waals surface area contributed by atoms with Gasteiger partial charge in [-0.3, -0.25) is 4.79 Å². The SMILES string of the molecule is CCOc1ccc(C(C)=NNC(=O)C(O)(c2ccc(C)cc2)c2ccc(C)cc2)cc1. The molecule has 0 saturated heterocycles. The number of hydrogen-bond donors (Lipinski definition) is 2. The highest BCUT2D eigenvalue weighted by molar-refractivity contribution is 6.00. The van der Waals surface area contributed by atoms with Crippen LogP contribution in [0.3, 0.4) is 0 Å². The average Bonchev–Trinajstić information content (AvgIpc) is 2.78. The third-order valence-corrected chi connectivity index (χ3v) is 5.18. The van der Waals surface area contributed by atoms with Crippen LogP contribution in [0.1, 0.15) is 41.7 Å². The van der Waals surface area contributed by atoms with Crippen molar-refractivity contribution < 1.29 is 14.6 Å². The van der Waals surface area contributed by atoms with Crippen molar-refractivity contribution >= 4 is 11.6 Å². The lowest BCUT2D eigenvalue weighted by Gasteiger charge is -2.27. The molecule has 0 aliphatic rings. The number of nitrogens with zero attached hydrogens (tertiary/aromatic N) is 1. The van der Waals surface area contributed by atoms with E-state index in [1.54, 1.807) is 31.2 Å². The van der Waals surface area contributed by atoms with E-state index in [1.165, 1.54) is 0 Å². The van der Waals surface area contributed by atoms with Crippen LogP contribution in [0.2, 0.25) is 0 Å². The number of aliphatic hydroxyl groups is 1. The van der Waals surface area contributed by atoms with Crippen molar-refractivity contribution in [3.05, 3.63) is 101 Å². The van der Waals surface area contributed by atoms with Crippen molar-refractivity contribution in [1.29, 1.82) is 0 Å². The molecule has 2 N–H and O–H groups in total. The number of hydrogen-bond acceptors (Lipinski definition) is 4. The molecule has 0 aromatic heterocycles. The van der Waals surface area contributed by atoms with E-state index >= 15 is 0 Å². The first-order valence-electron chi connectivity index (χ1n) is 10.3. The normalized spacial score (nSPS) is 11.8. The molecule has 0 radical (unpaired) electrons. The predicted octanol–water partition coefficient (Wildman–Crippen LogP) is 4.48. The number of aryl methyl sites for hydroxylation is 2. The number of carbonyl (C=O) groups is 1. The number of nitrogens with one attached hydrogen (secondary N) is 1. The largest absolute Gasteiger partial charge is 0.494 e. The summed E-state index contributed by atoms with van der Waals surface area (Å²) in [7, 11) is 0. The Morgan fingerprint density at radius 1 is 0.903 bits per heavy atom. The van der Waals surface area contributed by atoms with Gasteiger partial charge in [-0.1, -0.05) is 59.7 Å². The summed E-state index contributed by atoms with van der Waals surface area (Å²) in [5, 5.41) is 15.8. The fourth-order valence-electron chi connectivity index (χ4n) is 3.26. The maximum atomic E-state index is 13.2. The summed E-state index contributed by atoms with van der Waals surface area (Å²) in [6.07, 6.45) is 0. The van der Waals surface area contributed by atoms with Crippen LogP contribution in [0.4, 0.5) is 0 Å². The second-order valence-corrected chi connectivity index (χ2v) is 7.54. The quantitative estimate of drug-likeness (QED) is 0.441. The summed E-state index contributed by atoms with van der Waals surface area (Å²) in [6.45, 7) is 8.24. The molecule has 1 amide bonds. The van der Waals surface area contributed by atoms with Crippen LogP contribution in [0.15, 0.2) is 77.9 Å². The highest BCUT2D eigenvalue weighted by Crippen LogP contribution is 2.30. The van der Waals surface area contributed by atoms with Crippen LogP contribution in [0.5, 0.6) is 5.75 Å². The smallest absolute Gasteiger partial charge is 0.281 e. The van der Waals surface area contributed by atoms with Crippen molar-refractivity contribution in [3.63, 3.8) is 0 Å². The predicted molar refractivity (Wildman–Crippen MR) is 123 cm³/mol. The van der Waals surface area contributed by atoms with Crippen LogP contribution in [0, 0.1) is 13.8 Å². The van der Waals surface area contributed by atoms with E-state index in [1.807, 2.05) is 69.3 Å². The van der Waals surface area contributed by atoms with Gasteiger partial charge in [-0.2, -0.15) is 5.10 Å². The average molecular weight is 417 g/mol. The lowest BCUT2D eigenvalue weighted by atomic mass is 9.85. The van der Waals surface area contributed by atoms with Crippen molar-refractivity contribution in [3.8, 4) is 5.75 Å². The summed E-state index contributed by atoms with van der Waals surface area (Å²) in [5.74, 6) is 0.154. The van der Waals surface area contributed by atoms with Gasteiger partial charge < -0.3 is 9.84 Å². The summed E-state index contributed by atoms with van der Waals surface area (Å²) in [6, 6.07) is 22.0. The second-order valence-electron chi connectivity index (χ2n) is 7.54. The Hall–Kier alpha value is -3.44. The third-order valence-electron chi connectivity index (χ3n) is 5.18. The first kappa shape index (κ1) is 22.2. The molecule has 0 aliphatic heterocycles. The van der Waals surface area contributed by atoms with E-state index in [4.69, 9.17) is 4.74 Å². The number of amides is 1. The van der Waals surface area contributed by atoms with Crippen molar-refractivity contribution in [2.45, 2.75) is 33.3 Å². The molecule has 5 heteroatoms. The lowest BCUT2D eigenvalue weighted by molar-refractivity contribution is -0.136. The topological polar surface area (TPSA) is 70.9 Å². The van der Waals surface area contributed by atoms with E-state index in [9.17, 15) is 9.90 Å². The van der Waals surface area contributed by atoms with Crippen molar-refractivity contribution in [2.24, 2.45) is 5.10 Å². The molecular weight excluding hydrogens is 388 g/mol. The van der Waals surface area contributed by atoms with Crippen LogP contribution in [-0.4, -0.2) is 23.3 Å². The fraction of sp³-hybridized carbons (Fsp3) is 0.231. The maximum Gasteiger partial charge on any atom is 0.281 e. The highest BCUT2D eigenvalue weighted by Gasteiger charge is 2.40. The monoisotopic (exact) mass is 416 g/mol. The molecule has 5 nitrogen and oxygen atoms in total. The second kappa shape index (κ2) is 9.58. The fourth-order valence-corrected chi connectivity index (χ4v) is 3.26. The maximum absolute atomic E-state index is 13.2. The van der Waals surface area contributed by atoms with E-state index in [2.05, 4.69) is 10.5 Å². The molecule has 0 fully saturated rings. The van der Waals surface area contributed by atoms with Gasteiger partial charge >= 0.3 is 0 Å². The summed E-state index contributed by atoms with van der Waals surface area (Å²) < 4.78 is 5.46. The molecule has 0 spiro atoms. The molecule has 0 saturated carbocycles. The van der Waals surface area contributed by atoms with Gasteiger partial charge in [0.1, 0.15) is 5.75 Å². The molecule has 3 aromatic rings. The Bertz CT molecular complexity index is 1010. The molecule has 0 heterocycles. The van der Waals surface area contributed by atoms with E-state index in [0.29, 0.717) is 23.4 Å². The van der Waals surface area contributed by atoms with Gasteiger partial charge in [-0.25, -0.2) is 5.43 Å². The van der Waals surface area contributed by atoms with Crippen molar-refractivity contribution in [1.82, 2.24) is 5.43 Å². The molecular formula is C26H28N2O3. The van der Waals surface area contributed by atoms with Gasteiger partial charge in [0.2, 0.25) is 0 Å². The minimum Gasteiger partial charge on any atom is -0.494 e. The van der Waals surface area contributed by atoms with Gasteiger partial charge in [-0.15, -0.1) is 0 Å². The minimum atomic E-state index is -1.87. The number of hydrazone groups is 1. The highest BCUT2D eigenvalue weighted by atomic mass is 16.5. The number of ether oxygens (including phenoxy) is 1. The zero-order chi connectivity index (χ0) is 22.4. The summed E-state index contributed by atoms with van der Waals surface area (Å²) in [4.78, 5) is 13.2. The Morgan fingerprint density at radius 2 is 1.39 bits per heavy atom. The van der Waals surface area contributed by atoms with Gasteiger partial charge in [0, 0.05) is 0 Å². The van der Waals surface area contributed by atoms with E-state index in [-0.39, 0.29) is 0 Å². The Morgan fingerprint density at radius 3 is 1.84 bits per heavy atom. The molecule has 0 unspecified atom stereocenters. The van der Waals surface area contributed by atoms with Gasteiger partial charge in [0.25, 0.3) is 5.91 Å². The van der Waals surface area contributed by atoms with Crippen LogP contribution >= 0.6 is 0 Å². The number of carbonyl (C=O) groups excluding carboxylic acids is 1. The van der Waals surface area contributed by atoms with Crippen LogP contribution in [-0.2, 0) is 10.4 Å². The van der Waals surface area contributed by atoms with Gasteiger partial charge in [0.15, 0.2) is 5.60 Å². The third kappa shape index (κ3) is 5.01. The number of rotatable bonds is 7. The van der Waals surface area contributed by atoms with Crippen LogP contribution < -0.4 is 10.2 Å². The lowest BCUT2D eigenvalue weighted by Crippen LogP contribution is -2.44. The van der Waals surface area contributed by atoms with E-state index < -0.39 is 11.5 Å². The standard InChI is InChI=1S/C26H28N2O3/c1-5-31-24-16-10-21(11-17-24)20(4)27-28-25(29)26(30,22-12-6-18(2)7-13-22)23-14-8-19(3)9-15-23/h6-17,30H,5H2,1-4H3,(H,28,29). The van der Waals surface area contributed by atoms with Gasteiger partial charge in [0.05, 0.1) is 12.3 Å². The molecule has 3 rings (SSSR count). The molecule has 0 aliphatic carbocycles. The van der Waals surface area contributed by atoms with Gasteiger partial charge in [-0.05, 0) is 68.7 Å². The minimum absolute atomic E-state index is 0.480. The zero-order valence-electron chi connectivity index (χ0n) is 18.3. The Balaban J connectivity index is 1.90. The molecule has 160 valence electrons. The van der Waals surface area contributed by atoms with Crippen molar-refractivity contribution in [2.75, 3.05) is 6.61 Å². The zero-order valence-corrected chi connectivity index (χ0v) is 18.3. The summed E-state index contributed by atoms with van der Waals surface area (Å²) >= 11 is 0. The molecule has 3 aromatic carbocycles. The molecule has 31 heavy (non-hydrogen) atoms. The first-order valence-corrected chi connectivity index (χ1v) is 10.3. The Kier molecular flexibility index (Phi) is 6.88. The van der Waals surface area contributed by atoms with E-state index in [0.717, 1.165) is 22.4 Å². The summed E-state index contributed by atoms with van der Waals surface area (Å²) in [5.41, 5.74) is 5.19.